The second kappa shape index (κ2) is 42.0. The van der Waals surface area contributed by atoms with Crippen LogP contribution in [0.3, 0.4) is 0 Å². The van der Waals surface area contributed by atoms with Crippen molar-refractivity contribution in [3.05, 3.63) is 76.0 Å². The molecule has 4 aromatic rings. The minimum Gasteiger partial charge on any atom is -0.480 e. The normalized spacial score (nSPS) is 11.5. The summed E-state index contributed by atoms with van der Waals surface area (Å²) in [5.74, 6) is -2.00. The summed E-state index contributed by atoms with van der Waals surface area (Å²) in [4.78, 5) is 80.2. The fourth-order valence-corrected chi connectivity index (χ4v) is 6.52. The van der Waals surface area contributed by atoms with Crippen molar-refractivity contribution >= 4 is 58.0 Å². The number of hydrazone groups is 1. The number of aromatic amines is 1. The quantitative estimate of drug-likeness (QED) is 0.0172. The van der Waals surface area contributed by atoms with E-state index in [2.05, 4.69) is 56.7 Å². The lowest BCUT2D eigenvalue weighted by Gasteiger charge is -2.15. The van der Waals surface area contributed by atoms with Crippen LogP contribution in [0, 0.1) is 0 Å². The van der Waals surface area contributed by atoms with E-state index in [0.717, 1.165) is 5.71 Å². The number of fused-ring (bicyclic) bond motifs is 1. The van der Waals surface area contributed by atoms with Crippen molar-refractivity contribution in [2.75, 3.05) is 175 Å². The Morgan fingerprint density at radius 3 is 1.52 bits per heavy atom. The maximum Gasteiger partial charge on any atom is 0.326 e. The van der Waals surface area contributed by atoms with Crippen molar-refractivity contribution in [2.24, 2.45) is 5.10 Å². The number of nitrogens with two attached hydrogens (primary N) is 1. The van der Waals surface area contributed by atoms with Crippen LogP contribution in [0.2, 0.25) is 0 Å². The molecule has 29 heteroatoms. The molecule has 1 atom stereocenters. The first-order chi connectivity index (χ1) is 39.5. The molecule has 1 unspecified atom stereocenters. The molecule has 0 radical (unpaired) electrons. The standard InChI is InChI=1S/C52H78N12O17/c1-38(2)63-64-44-9-5-40(35-57-44)48(66)55-12-14-72-16-18-74-20-22-76-24-26-78-28-30-80-32-34-81-33-31-79-29-27-77-25-23-75-21-19-73-17-15-71-13-11-54-45(65)10-8-43(51(69)70)60-49(67)39-3-6-41(7-4-39)56-36-42-37-58-47-46(59-42)50(68)62-52(53)61-47/h3-7,9,35,37,43,56H,8,10-34,36H2,1-2H3,(H,54,65)(H,55,66)(H,57,64)(H,60,67)(H,69,70)(H3,53,58,61,62,68). The van der Waals surface area contributed by atoms with E-state index >= 15 is 0 Å². The van der Waals surface area contributed by atoms with E-state index in [1.165, 1.54) is 24.5 Å². The average molecular weight is 1140 g/mol. The molecular weight excluding hydrogens is 1060 g/mol. The van der Waals surface area contributed by atoms with Crippen molar-refractivity contribution in [1.82, 2.24) is 40.9 Å². The van der Waals surface area contributed by atoms with Gasteiger partial charge in [-0.25, -0.2) is 19.7 Å². The molecule has 0 saturated carbocycles. The molecule has 81 heavy (non-hydrogen) atoms. The predicted molar refractivity (Wildman–Crippen MR) is 295 cm³/mol. The number of amides is 3. The first kappa shape index (κ1) is 66.6. The third-order valence-corrected chi connectivity index (χ3v) is 10.6. The first-order valence-electron chi connectivity index (χ1n) is 26.5. The van der Waals surface area contributed by atoms with Crippen LogP contribution in [0.15, 0.2) is 58.7 Å². The molecule has 0 spiro atoms. The summed E-state index contributed by atoms with van der Waals surface area (Å²) in [6.07, 6.45) is 2.70. The molecule has 29 nitrogen and oxygen atoms in total. The predicted octanol–water partition coefficient (Wildman–Crippen LogP) is 0.802. The average Bonchev–Trinajstić information content (AvgIpc) is 3.52. The zero-order chi connectivity index (χ0) is 58.0. The Morgan fingerprint density at radius 2 is 1.06 bits per heavy atom. The molecule has 3 amide bonds. The van der Waals surface area contributed by atoms with Crippen molar-refractivity contribution in [3.63, 3.8) is 0 Å². The summed E-state index contributed by atoms with van der Waals surface area (Å²) >= 11 is 0. The summed E-state index contributed by atoms with van der Waals surface area (Å²) in [5, 5.41) is 24.8. The van der Waals surface area contributed by atoms with Gasteiger partial charge in [0.05, 0.1) is 169 Å². The van der Waals surface area contributed by atoms with Crippen LogP contribution < -0.4 is 38.0 Å². The van der Waals surface area contributed by atoms with E-state index in [1.807, 2.05) is 13.8 Å². The van der Waals surface area contributed by atoms with E-state index in [1.54, 1.807) is 24.3 Å². The van der Waals surface area contributed by atoms with Crippen molar-refractivity contribution in [1.29, 1.82) is 0 Å². The van der Waals surface area contributed by atoms with Gasteiger partial charge in [0.2, 0.25) is 11.9 Å². The number of carboxylic acids is 1. The highest BCUT2D eigenvalue weighted by Crippen LogP contribution is 2.13. The molecule has 448 valence electrons. The number of hydrogen-bond acceptors (Lipinski definition) is 24. The van der Waals surface area contributed by atoms with Gasteiger partial charge in [-0.1, -0.05) is 0 Å². The van der Waals surface area contributed by atoms with Crippen LogP contribution in [-0.4, -0.2) is 224 Å². The number of aromatic nitrogens is 5. The fraction of sp³-hybridized carbons (Fsp3) is 0.577. The highest BCUT2D eigenvalue weighted by atomic mass is 16.6. The number of rotatable bonds is 48. The van der Waals surface area contributed by atoms with Gasteiger partial charge in [0, 0.05) is 42.7 Å². The Hall–Kier alpha value is -6.90. The van der Waals surface area contributed by atoms with Gasteiger partial charge in [-0.05, 0) is 56.7 Å². The summed E-state index contributed by atoms with van der Waals surface area (Å²) in [6, 6.07) is 8.37. The smallest absolute Gasteiger partial charge is 0.326 e. The number of anilines is 3. The highest BCUT2D eigenvalue weighted by Gasteiger charge is 2.22. The molecule has 0 bridgehead atoms. The van der Waals surface area contributed by atoms with Crippen LogP contribution >= 0.6 is 0 Å². The molecule has 0 aliphatic heterocycles. The maximum atomic E-state index is 12.8. The third kappa shape index (κ3) is 31.0. The number of ether oxygens (including phenoxy) is 11. The summed E-state index contributed by atoms with van der Waals surface area (Å²) in [5.41, 5.74) is 10.6. The molecule has 1 aromatic carbocycles. The molecule has 9 N–H and O–H groups in total. The fourth-order valence-electron chi connectivity index (χ4n) is 6.52. The minimum atomic E-state index is -1.29. The molecule has 0 aliphatic rings. The third-order valence-electron chi connectivity index (χ3n) is 10.6. The largest absolute Gasteiger partial charge is 0.480 e. The number of nitrogens with zero attached hydrogens (tertiary/aromatic N) is 5. The molecule has 0 aliphatic carbocycles. The first-order valence-corrected chi connectivity index (χ1v) is 26.5. The van der Waals surface area contributed by atoms with E-state index in [9.17, 15) is 29.1 Å². The number of hydrogen-bond donors (Lipinski definition) is 8. The van der Waals surface area contributed by atoms with E-state index in [-0.39, 0.29) is 67.0 Å². The van der Waals surface area contributed by atoms with Gasteiger partial charge < -0.3 is 84.2 Å². The second-order valence-electron chi connectivity index (χ2n) is 17.3. The monoisotopic (exact) mass is 1140 g/mol. The van der Waals surface area contributed by atoms with Crippen molar-refractivity contribution in [3.8, 4) is 0 Å². The van der Waals surface area contributed by atoms with Crippen LogP contribution in [0.5, 0.6) is 0 Å². The number of nitrogen functional groups attached to an aromatic ring is 1. The maximum absolute atomic E-state index is 12.8. The SMILES string of the molecule is CC(C)=NNc1ccc(C(=O)NCCOCCOCCOCCOCCOCCOCCOCCOCCOCCOCCOCCNC(=O)CCC(NC(=O)c2ccc(NCc3cnc4nc(N)[nH]c(=O)c4n3)cc2)C(=O)O)cn1. The number of aliphatic carboxylic acids is 1. The number of carbonyl (C=O) groups excluding carboxylic acids is 3. The van der Waals surface area contributed by atoms with Gasteiger partial charge in [-0.15, -0.1) is 0 Å². The molecule has 0 saturated heterocycles. The minimum absolute atomic E-state index is 0.0489. The van der Waals surface area contributed by atoms with E-state index in [0.29, 0.717) is 168 Å². The molecule has 0 fully saturated rings. The Labute approximate surface area is 469 Å². The van der Waals surface area contributed by atoms with Crippen LogP contribution in [0.4, 0.5) is 17.5 Å². The van der Waals surface area contributed by atoms with Gasteiger partial charge in [0.25, 0.3) is 17.4 Å². The number of H-pyrrole nitrogens is 1. The molecular formula is C52H78N12O17. The number of pyridine rings is 1. The lowest BCUT2D eigenvalue weighted by molar-refractivity contribution is -0.139. The van der Waals surface area contributed by atoms with Gasteiger partial charge in [-0.3, -0.25) is 29.6 Å². The number of nitrogens with one attached hydrogen (secondary N) is 6. The van der Waals surface area contributed by atoms with E-state index < -0.39 is 23.5 Å². The number of benzene rings is 1. The number of carboxylic acid groups (broad SMARTS) is 1. The lowest BCUT2D eigenvalue weighted by atomic mass is 10.1. The van der Waals surface area contributed by atoms with E-state index in [4.69, 9.17) is 57.8 Å². The molecule has 4 rings (SSSR count). The topological polar surface area (TPSA) is 373 Å². The van der Waals surface area contributed by atoms with Gasteiger partial charge in [0.1, 0.15) is 11.9 Å². The Kier molecular flexibility index (Phi) is 34.6. The van der Waals surface area contributed by atoms with Gasteiger partial charge in [-0.2, -0.15) is 10.1 Å². The summed E-state index contributed by atoms with van der Waals surface area (Å²) < 4.78 is 60.5. The van der Waals surface area contributed by atoms with Crippen LogP contribution in [0.25, 0.3) is 11.2 Å². The van der Waals surface area contributed by atoms with Crippen LogP contribution in [0.1, 0.15) is 53.1 Å². The summed E-state index contributed by atoms with van der Waals surface area (Å²) in [6.45, 7) is 13.5. The second-order valence-corrected chi connectivity index (χ2v) is 17.3. The number of carbonyl (C=O) groups is 4. The lowest BCUT2D eigenvalue weighted by Crippen LogP contribution is -2.41. The molecule has 3 heterocycles. The van der Waals surface area contributed by atoms with Crippen molar-refractivity contribution in [2.45, 2.75) is 39.3 Å². The summed E-state index contributed by atoms with van der Waals surface area (Å²) in [7, 11) is 0. The van der Waals surface area contributed by atoms with Crippen molar-refractivity contribution < 1.29 is 76.4 Å². The highest BCUT2D eigenvalue weighted by molar-refractivity contribution is 5.97. The Bertz CT molecular complexity index is 2490. The Balaban J connectivity index is 0.810. The van der Waals surface area contributed by atoms with Crippen LogP contribution in [-0.2, 0) is 68.2 Å². The zero-order valence-corrected chi connectivity index (χ0v) is 46.1. The zero-order valence-electron chi connectivity index (χ0n) is 46.1. The Morgan fingerprint density at radius 1 is 0.593 bits per heavy atom. The van der Waals surface area contributed by atoms with Gasteiger partial charge >= 0.3 is 5.97 Å². The molecule has 3 aromatic heterocycles. The van der Waals surface area contributed by atoms with Gasteiger partial charge in [0.15, 0.2) is 11.2 Å².